The Kier molecular flexibility index (Phi) is 9.01. The van der Waals surface area contributed by atoms with Crippen LogP contribution < -0.4 is 16.3 Å². The Hall–Kier alpha value is -3.92. The number of benzene rings is 1. The molecule has 0 spiro atoms. The molecule has 0 radical (unpaired) electrons. The Morgan fingerprint density at radius 1 is 1.21 bits per heavy atom. The zero-order chi connectivity index (χ0) is 29.1. The van der Waals surface area contributed by atoms with E-state index in [9.17, 15) is 35.9 Å². The van der Waals surface area contributed by atoms with Gasteiger partial charge in [0.2, 0.25) is 5.91 Å². The number of thiophene rings is 1. The number of carbonyl (C=O) groups excluding carboxylic acids is 1. The van der Waals surface area contributed by atoms with Crippen molar-refractivity contribution in [3.05, 3.63) is 74.6 Å². The standard InChI is InChI=1S/C21H20F3N5O2S.C2HF3O2/c1-12-3-2-4-13-5-6-17(30)29(19(12)13)18-7-15(22)16(32-18)10-27-11-26-28(21(27)31)9-14(8-25)20(23)24;3-2(4,5)1(6)7/h2-4,7,11H,5-6,8-10,25H2,1H3;(H,6,7). The summed E-state index contributed by atoms with van der Waals surface area (Å²) in [5.74, 6) is -3.44. The van der Waals surface area contributed by atoms with Gasteiger partial charge in [0.05, 0.1) is 23.7 Å². The van der Waals surface area contributed by atoms with Crippen molar-refractivity contribution >= 4 is 33.9 Å². The van der Waals surface area contributed by atoms with Gasteiger partial charge in [-0.1, -0.05) is 18.2 Å². The van der Waals surface area contributed by atoms with Crippen molar-refractivity contribution in [3.8, 4) is 0 Å². The van der Waals surface area contributed by atoms with Crippen molar-refractivity contribution < 1.29 is 41.0 Å². The maximum Gasteiger partial charge on any atom is 0.490 e. The van der Waals surface area contributed by atoms with Crippen LogP contribution in [0.15, 0.2) is 47.0 Å². The Balaban J connectivity index is 0.000000532. The molecule has 1 aliphatic heterocycles. The minimum absolute atomic E-state index is 0.126. The molecule has 210 valence electrons. The predicted octanol–water partition coefficient (Wildman–Crippen LogP) is 3.96. The molecule has 0 aliphatic carbocycles. The fourth-order valence-electron chi connectivity index (χ4n) is 3.69. The van der Waals surface area contributed by atoms with E-state index >= 15 is 0 Å². The number of fused-ring (bicyclic) bond motifs is 1. The minimum Gasteiger partial charge on any atom is -0.475 e. The molecule has 0 unspecified atom stereocenters. The number of hydrogen-bond acceptors (Lipinski definition) is 6. The number of aryl methyl sites for hydroxylation is 2. The van der Waals surface area contributed by atoms with E-state index in [0.717, 1.165) is 43.7 Å². The third-order valence-electron chi connectivity index (χ3n) is 5.57. The highest BCUT2D eigenvalue weighted by Crippen LogP contribution is 2.41. The number of nitrogens with two attached hydrogens (primary N) is 1. The zero-order valence-corrected chi connectivity index (χ0v) is 21.0. The summed E-state index contributed by atoms with van der Waals surface area (Å²) >= 11 is 1.06. The summed E-state index contributed by atoms with van der Waals surface area (Å²) in [6, 6.07) is 7.05. The molecule has 9 nitrogen and oxygen atoms in total. The zero-order valence-electron chi connectivity index (χ0n) is 20.1. The summed E-state index contributed by atoms with van der Waals surface area (Å²) in [7, 11) is 0. The van der Waals surface area contributed by atoms with E-state index in [1.54, 1.807) is 0 Å². The monoisotopic (exact) mass is 577 g/mol. The molecule has 1 aromatic carbocycles. The number of carboxylic acid groups (broad SMARTS) is 1. The van der Waals surface area contributed by atoms with Crippen LogP contribution in [0.4, 0.5) is 37.0 Å². The summed E-state index contributed by atoms with van der Waals surface area (Å²) in [5, 5.41) is 11.4. The highest BCUT2D eigenvalue weighted by atomic mass is 32.1. The number of para-hydroxylation sites is 1. The van der Waals surface area contributed by atoms with E-state index in [4.69, 9.17) is 15.6 Å². The van der Waals surface area contributed by atoms with Gasteiger partial charge < -0.3 is 10.8 Å². The van der Waals surface area contributed by atoms with Crippen molar-refractivity contribution in [1.82, 2.24) is 14.3 Å². The number of alkyl halides is 3. The number of carbonyl (C=O) groups is 2. The molecule has 3 aromatic rings. The molecule has 4 rings (SSSR count). The van der Waals surface area contributed by atoms with E-state index in [2.05, 4.69) is 5.10 Å². The van der Waals surface area contributed by atoms with Crippen LogP contribution in [-0.2, 0) is 29.1 Å². The topological polar surface area (TPSA) is 123 Å². The van der Waals surface area contributed by atoms with Crippen LogP contribution in [0.3, 0.4) is 0 Å². The van der Waals surface area contributed by atoms with Crippen LogP contribution in [0.5, 0.6) is 0 Å². The first kappa shape index (κ1) is 29.6. The van der Waals surface area contributed by atoms with Crippen molar-refractivity contribution in [2.75, 3.05) is 11.4 Å². The lowest BCUT2D eigenvalue weighted by Gasteiger charge is -2.29. The molecule has 0 fully saturated rings. The van der Waals surface area contributed by atoms with Crippen molar-refractivity contribution in [2.45, 2.75) is 39.0 Å². The fourth-order valence-corrected chi connectivity index (χ4v) is 4.75. The minimum atomic E-state index is -5.08. The molecule has 0 saturated heterocycles. The van der Waals surface area contributed by atoms with E-state index in [1.807, 2.05) is 25.1 Å². The van der Waals surface area contributed by atoms with Gasteiger partial charge in [-0.15, -0.1) is 11.3 Å². The number of halogens is 6. The van der Waals surface area contributed by atoms with Gasteiger partial charge in [-0.2, -0.15) is 27.1 Å². The molecular formula is C23H21F6N5O4S. The number of amides is 1. The van der Waals surface area contributed by atoms with Gasteiger partial charge in [0.1, 0.15) is 17.1 Å². The number of rotatable bonds is 6. The van der Waals surface area contributed by atoms with Gasteiger partial charge in [-0.3, -0.25) is 14.3 Å². The van der Waals surface area contributed by atoms with Gasteiger partial charge in [0, 0.05) is 24.6 Å². The fraction of sp³-hybridized carbons (Fsp3) is 0.304. The number of hydrogen-bond donors (Lipinski definition) is 2. The average molecular weight is 578 g/mol. The Bertz CT molecular complexity index is 1470. The second-order valence-electron chi connectivity index (χ2n) is 8.24. The summed E-state index contributed by atoms with van der Waals surface area (Å²) in [4.78, 5) is 35.8. The molecule has 1 amide bonds. The number of nitrogens with zero attached hydrogens (tertiary/aromatic N) is 4. The second-order valence-corrected chi connectivity index (χ2v) is 9.35. The number of carboxylic acids is 1. The number of aromatic nitrogens is 3. The Morgan fingerprint density at radius 3 is 2.46 bits per heavy atom. The molecule has 3 heterocycles. The summed E-state index contributed by atoms with van der Waals surface area (Å²) in [5.41, 5.74) is 6.90. The van der Waals surface area contributed by atoms with E-state index < -0.39 is 48.4 Å². The van der Waals surface area contributed by atoms with Gasteiger partial charge in [0.25, 0.3) is 6.08 Å². The predicted molar refractivity (Wildman–Crippen MR) is 128 cm³/mol. The first-order chi connectivity index (χ1) is 18.2. The highest BCUT2D eigenvalue weighted by molar-refractivity contribution is 7.16. The maximum absolute atomic E-state index is 14.8. The summed E-state index contributed by atoms with van der Waals surface area (Å²) < 4.78 is 74.2. The quantitative estimate of drug-likeness (QED) is 0.428. The SMILES string of the molecule is Cc1cccc2c1N(c1cc(F)c(Cn3cnn(CC(CN)=C(F)F)c3=O)s1)C(=O)CC2.O=C(O)C(F)(F)F. The lowest BCUT2D eigenvalue weighted by molar-refractivity contribution is -0.192. The van der Waals surface area contributed by atoms with E-state index in [-0.39, 0.29) is 17.3 Å². The first-order valence-corrected chi connectivity index (χ1v) is 11.9. The average Bonchev–Trinajstić information content (AvgIpc) is 3.39. The van der Waals surface area contributed by atoms with E-state index in [1.165, 1.54) is 11.0 Å². The lowest BCUT2D eigenvalue weighted by atomic mass is 9.98. The maximum atomic E-state index is 14.8. The van der Waals surface area contributed by atoms with Crippen LogP contribution >= 0.6 is 11.3 Å². The largest absolute Gasteiger partial charge is 0.490 e. The van der Waals surface area contributed by atoms with Crippen LogP contribution in [0.2, 0.25) is 0 Å². The normalized spacial score (nSPS) is 13.0. The third kappa shape index (κ3) is 6.75. The molecule has 3 N–H and O–H groups in total. The molecule has 0 bridgehead atoms. The van der Waals surface area contributed by atoms with Crippen LogP contribution in [0.1, 0.15) is 22.4 Å². The number of aliphatic carboxylic acids is 1. The number of anilines is 2. The molecule has 16 heteroatoms. The Labute approximate surface area is 220 Å². The molecular weight excluding hydrogens is 556 g/mol. The Morgan fingerprint density at radius 2 is 1.87 bits per heavy atom. The van der Waals surface area contributed by atoms with Crippen molar-refractivity contribution in [2.24, 2.45) is 5.73 Å². The molecule has 2 aromatic heterocycles. The first-order valence-electron chi connectivity index (χ1n) is 11.1. The van der Waals surface area contributed by atoms with Crippen LogP contribution in [-0.4, -0.2) is 44.1 Å². The summed E-state index contributed by atoms with van der Waals surface area (Å²) in [6.45, 7) is 0.905. The van der Waals surface area contributed by atoms with Crippen LogP contribution in [0.25, 0.3) is 0 Å². The molecule has 39 heavy (non-hydrogen) atoms. The van der Waals surface area contributed by atoms with Crippen LogP contribution in [0, 0.1) is 12.7 Å². The van der Waals surface area contributed by atoms with Gasteiger partial charge >= 0.3 is 17.8 Å². The highest BCUT2D eigenvalue weighted by Gasteiger charge is 2.38. The molecule has 1 aliphatic rings. The van der Waals surface area contributed by atoms with Gasteiger partial charge in [-0.05, 0) is 24.5 Å². The second kappa shape index (κ2) is 11.9. The van der Waals surface area contributed by atoms with Gasteiger partial charge in [0.15, 0.2) is 0 Å². The van der Waals surface area contributed by atoms with Crippen molar-refractivity contribution in [1.29, 1.82) is 0 Å². The van der Waals surface area contributed by atoms with Gasteiger partial charge in [-0.25, -0.2) is 18.7 Å². The molecule has 0 atom stereocenters. The summed E-state index contributed by atoms with van der Waals surface area (Å²) in [6.07, 6.45) is -4.93. The smallest absolute Gasteiger partial charge is 0.475 e. The lowest BCUT2D eigenvalue weighted by Crippen LogP contribution is -2.30. The van der Waals surface area contributed by atoms with E-state index in [0.29, 0.717) is 17.8 Å². The van der Waals surface area contributed by atoms with Crippen molar-refractivity contribution in [3.63, 3.8) is 0 Å². The third-order valence-corrected chi connectivity index (χ3v) is 6.65. The molecule has 0 saturated carbocycles.